The maximum Gasteiger partial charge on any atom is 0.228 e. The molecule has 0 aromatic carbocycles. The van der Waals surface area contributed by atoms with Crippen molar-refractivity contribution < 1.29 is 9.53 Å². The summed E-state index contributed by atoms with van der Waals surface area (Å²) in [6.07, 6.45) is 7.76. The van der Waals surface area contributed by atoms with Crippen molar-refractivity contribution in [1.29, 1.82) is 0 Å². The van der Waals surface area contributed by atoms with Crippen LogP contribution in [0.3, 0.4) is 0 Å². The van der Waals surface area contributed by atoms with Crippen LogP contribution in [-0.4, -0.2) is 31.2 Å². The standard InChI is InChI=1S/C17H26N2O2/c1-14(15-8-4-7-11-18-15)16(20)19-12-17(13-21-2)9-5-3-6-10-17/h4,7-8,11,14H,3,5-6,9-10,12-13H2,1-2H3,(H,19,20). The molecule has 1 heterocycles. The normalized spacial score (nSPS) is 19.0. The second-order valence-electron chi connectivity index (χ2n) is 6.19. The Bertz CT molecular complexity index is 436. The van der Waals surface area contributed by atoms with Crippen LogP contribution in [-0.2, 0) is 9.53 Å². The van der Waals surface area contributed by atoms with E-state index in [-0.39, 0.29) is 17.2 Å². The maximum absolute atomic E-state index is 12.3. The third-order valence-corrected chi connectivity index (χ3v) is 4.53. The zero-order chi connectivity index (χ0) is 15.1. The lowest BCUT2D eigenvalue weighted by Gasteiger charge is -2.37. The zero-order valence-electron chi connectivity index (χ0n) is 13.1. The van der Waals surface area contributed by atoms with Gasteiger partial charge in [0.2, 0.25) is 5.91 Å². The Morgan fingerprint density at radius 2 is 2.14 bits per heavy atom. The molecule has 0 spiro atoms. The Balaban J connectivity index is 1.92. The van der Waals surface area contributed by atoms with Crippen LogP contribution in [0.15, 0.2) is 24.4 Å². The fourth-order valence-corrected chi connectivity index (χ4v) is 3.17. The molecule has 1 aromatic rings. The molecule has 4 nitrogen and oxygen atoms in total. The number of carbonyl (C=O) groups is 1. The highest BCUT2D eigenvalue weighted by Gasteiger charge is 2.33. The van der Waals surface area contributed by atoms with Gasteiger partial charge in [-0.3, -0.25) is 9.78 Å². The predicted molar refractivity (Wildman–Crippen MR) is 83.1 cm³/mol. The van der Waals surface area contributed by atoms with Gasteiger partial charge in [-0.05, 0) is 31.9 Å². The molecular weight excluding hydrogens is 264 g/mol. The van der Waals surface area contributed by atoms with Crippen molar-refractivity contribution in [1.82, 2.24) is 10.3 Å². The van der Waals surface area contributed by atoms with Gasteiger partial charge in [-0.2, -0.15) is 0 Å². The molecule has 1 fully saturated rings. The monoisotopic (exact) mass is 290 g/mol. The first-order valence-electron chi connectivity index (χ1n) is 7.84. The smallest absolute Gasteiger partial charge is 0.228 e. The van der Waals surface area contributed by atoms with Crippen LogP contribution in [0, 0.1) is 5.41 Å². The number of nitrogens with zero attached hydrogens (tertiary/aromatic N) is 1. The number of hydrogen-bond donors (Lipinski definition) is 1. The van der Waals surface area contributed by atoms with Gasteiger partial charge in [-0.15, -0.1) is 0 Å². The first kappa shape index (κ1) is 16.0. The molecular formula is C17H26N2O2. The fraction of sp³-hybridized carbons (Fsp3) is 0.647. The largest absolute Gasteiger partial charge is 0.384 e. The molecule has 1 unspecified atom stereocenters. The van der Waals surface area contributed by atoms with E-state index < -0.39 is 0 Å². The van der Waals surface area contributed by atoms with E-state index in [2.05, 4.69) is 10.3 Å². The SMILES string of the molecule is COCC1(CNC(=O)C(C)c2ccccn2)CCCCC1. The molecule has 0 radical (unpaired) electrons. The Morgan fingerprint density at radius 1 is 1.38 bits per heavy atom. The summed E-state index contributed by atoms with van der Waals surface area (Å²) in [5.41, 5.74) is 0.936. The Hall–Kier alpha value is -1.42. The highest BCUT2D eigenvalue weighted by atomic mass is 16.5. The van der Waals surface area contributed by atoms with Crippen molar-refractivity contribution in [2.45, 2.75) is 44.9 Å². The highest BCUT2D eigenvalue weighted by Crippen LogP contribution is 2.36. The Labute approximate surface area is 127 Å². The van der Waals surface area contributed by atoms with E-state index in [4.69, 9.17) is 4.74 Å². The van der Waals surface area contributed by atoms with E-state index in [1.54, 1.807) is 13.3 Å². The van der Waals surface area contributed by atoms with Crippen molar-refractivity contribution in [2.24, 2.45) is 5.41 Å². The van der Waals surface area contributed by atoms with Gasteiger partial charge in [0.05, 0.1) is 18.2 Å². The highest BCUT2D eigenvalue weighted by molar-refractivity contribution is 5.82. The molecule has 1 aliphatic carbocycles. The van der Waals surface area contributed by atoms with Gasteiger partial charge in [0.15, 0.2) is 0 Å². The van der Waals surface area contributed by atoms with E-state index in [1.807, 2.05) is 25.1 Å². The summed E-state index contributed by atoms with van der Waals surface area (Å²) in [6.45, 7) is 3.34. The van der Waals surface area contributed by atoms with Gasteiger partial charge < -0.3 is 10.1 Å². The number of nitrogens with one attached hydrogen (secondary N) is 1. The molecule has 1 N–H and O–H groups in total. The first-order chi connectivity index (χ1) is 10.2. The number of hydrogen-bond acceptors (Lipinski definition) is 3. The van der Waals surface area contributed by atoms with Crippen LogP contribution in [0.2, 0.25) is 0 Å². The number of aromatic nitrogens is 1. The fourth-order valence-electron chi connectivity index (χ4n) is 3.17. The molecule has 116 valence electrons. The van der Waals surface area contributed by atoms with E-state index in [0.29, 0.717) is 6.54 Å². The molecule has 2 rings (SSSR count). The summed E-state index contributed by atoms with van der Waals surface area (Å²) < 4.78 is 5.40. The molecule has 1 amide bonds. The van der Waals surface area contributed by atoms with Gasteiger partial charge in [0, 0.05) is 25.3 Å². The van der Waals surface area contributed by atoms with E-state index >= 15 is 0 Å². The Morgan fingerprint density at radius 3 is 2.76 bits per heavy atom. The first-order valence-corrected chi connectivity index (χ1v) is 7.84. The molecule has 1 atom stereocenters. The second-order valence-corrected chi connectivity index (χ2v) is 6.19. The average molecular weight is 290 g/mol. The minimum absolute atomic E-state index is 0.0507. The predicted octanol–water partition coefficient (Wildman–Crippen LogP) is 2.90. The number of pyridine rings is 1. The summed E-state index contributed by atoms with van der Waals surface area (Å²) in [7, 11) is 1.74. The van der Waals surface area contributed by atoms with Crippen LogP contribution in [0.25, 0.3) is 0 Å². The summed E-state index contributed by atoms with van der Waals surface area (Å²) in [5.74, 6) is -0.163. The molecule has 0 aliphatic heterocycles. The third-order valence-electron chi connectivity index (χ3n) is 4.53. The quantitative estimate of drug-likeness (QED) is 0.876. The maximum atomic E-state index is 12.3. The molecule has 4 heteroatoms. The van der Waals surface area contributed by atoms with Gasteiger partial charge in [0.1, 0.15) is 0 Å². The van der Waals surface area contributed by atoms with E-state index in [0.717, 1.165) is 25.1 Å². The van der Waals surface area contributed by atoms with Crippen molar-refractivity contribution >= 4 is 5.91 Å². The lowest BCUT2D eigenvalue weighted by molar-refractivity contribution is -0.123. The summed E-state index contributed by atoms with van der Waals surface area (Å²) >= 11 is 0. The van der Waals surface area contributed by atoms with E-state index in [9.17, 15) is 4.79 Å². The van der Waals surface area contributed by atoms with Crippen LogP contribution < -0.4 is 5.32 Å². The average Bonchev–Trinajstić information content (AvgIpc) is 2.54. The molecule has 1 aliphatic rings. The zero-order valence-corrected chi connectivity index (χ0v) is 13.1. The van der Waals surface area contributed by atoms with Crippen LogP contribution in [0.1, 0.15) is 50.6 Å². The minimum atomic E-state index is -0.214. The number of carbonyl (C=O) groups excluding carboxylic acids is 1. The second kappa shape index (κ2) is 7.55. The van der Waals surface area contributed by atoms with Gasteiger partial charge in [-0.1, -0.05) is 25.3 Å². The van der Waals surface area contributed by atoms with Crippen LogP contribution in [0.4, 0.5) is 0 Å². The molecule has 21 heavy (non-hydrogen) atoms. The molecule has 0 saturated heterocycles. The number of amides is 1. The lowest BCUT2D eigenvalue weighted by Crippen LogP contribution is -2.43. The summed E-state index contributed by atoms with van der Waals surface area (Å²) in [4.78, 5) is 16.6. The van der Waals surface area contributed by atoms with Crippen molar-refractivity contribution in [3.63, 3.8) is 0 Å². The minimum Gasteiger partial charge on any atom is -0.384 e. The van der Waals surface area contributed by atoms with Crippen molar-refractivity contribution in [3.05, 3.63) is 30.1 Å². The van der Waals surface area contributed by atoms with Gasteiger partial charge in [0.25, 0.3) is 0 Å². The van der Waals surface area contributed by atoms with Crippen molar-refractivity contribution in [3.8, 4) is 0 Å². The number of ether oxygens (including phenoxy) is 1. The topological polar surface area (TPSA) is 51.2 Å². The molecule has 0 bridgehead atoms. The third kappa shape index (κ3) is 4.27. The molecule has 1 aromatic heterocycles. The van der Waals surface area contributed by atoms with Gasteiger partial charge in [-0.25, -0.2) is 0 Å². The number of methoxy groups -OCH3 is 1. The number of rotatable bonds is 6. The van der Waals surface area contributed by atoms with Crippen molar-refractivity contribution in [2.75, 3.05) is 20.3 Å². The lowest BCUT2D eigenvalue weighted by atomic mass is 9.74. The Kier molecular flexibility index (Phi) is 5.74. The van der Waals surface area contributed by atoms with Crippen LogP contribution in [0.5, 0.6) is 0 Å². The van der Waals surface area contributed by atoms with Gasteiger partial charge >= 0.3 is 0 Å². The molecule has 1 saturated carbocycles. The summed E-state index contributed by atoms with van der Waals surface area (Å²) in [6, 6.07) is 5.68. The summed E-state index contributed by atoms with van der Waals surface area (Å²) in [5, 5.41) is 3.12. The van der Waals surface area contributed by atoms with Crippen LogP contribution >= 0.6 is 0 Å². The van der Waals surface area contributed by atoms with E-state index in [1.165, 1.54) is 19.3 Å².